The van der Waals surface area contributed by atoms with E-state index in [9.17, 15) is 8.42 Å². The molecule has 0 spiro atoms. The van der Waals surface area contributed by atoms with Crippen LogP contribution in [0.2, 0.25) is 0 Å². The summed E-state index contributed by atoms with van der Waals surface area (Å²) in [5, 5.41) is 0. The highest BCUT2D eigenvalue weighted by Gasteiger charge is 2.04. The zero-order valence-corrected chi connectivity index (χ0v) is 7.89. The minimum absolute atomic E-state index is 0.224. The van der Waals surface area contributed by atoms with Crippen molar-refractivity contribution in [3.63, 3.8) is 0 Å². The van der Waals surface area contributed by atoms with Crippen molar-refractivity contribution in [1.82, 2.24) is 4.72 Å². The Hall–Kier alpha value is 0.260. The first-order valence-electron chi connectivity index (χ1n) is 3.11. The van der Waals surface area contributed by atoms with E-state index in [0.717, 1.165) is 5.75 Å². The predicted octanol–water partition coefficient (Wildman–Crippen LogP) is 0.289. The van der Waals surface area contributed by atoms with Gasteiger partial charge in [0.15, 0.2) is 0 Å². The second-order valence-electron chi connectivity index (χ2n) is 1.72. The summed E-state index contributed by atoms with van der Waals surface area (Å²) >= 11 is 1.63. The van der Waals surface area contributed by atoms with Gasteiger partial charge in [-0.1, -0.05) is 6.92 Å². The summed E-state index contributed by atoms with van der Waals surface area (Å²) in [7, 11) is -1.53. The van der Waals surface area contributed by atoms with Crippen LogP contribution in [0, 0.1) is 0 Å². The van der Waals surface area contributed by atoms with Crippen LogP contribution in [0.25, 0.3) is 0 Å². The summed E-state index contributed by atoms with van der Waals surface area (Å²) in [6.07, 6.45) is 0. The second-order valence-corrected chi connectivity index (χ2v) is 5.16. The maximum absolute atomic E-state index is 10.7. The molecule has 0 saturated carbocycles. The second kappa shape index (κ2) is 4.98. The molecule has 62 valence electrons. The third kappa shape index (κ3) is 5.08. The first-order chi connectivity index (χ1) is 4.62. The summed E-state index contributed by atoms with van der Waals surface area (Å²) in [6, 6.07) is 0. The van der Waals surface area contributed by atoms with Crippen LogP contribution in [-0.2, 0) is 10.0 Å². The minimum Gasteiger partial charge on any atom is -0.218 e. The zero-order valence-electron chi connectivity index (χ0n) is 6.25. The summed E-state index contributed by atoms with van der Waals surface area (Å²) < 4.78 is 23.8. The molecule has 0 aliphatic carbocycles. The number of hydrogen-bond acceptors (Lipinski definition) is 3. The molecule has 0 unspecified atom stereocenters. The molecule has 1 N–H and O–H groups in total. The van der Waals surface area contributed by atoms with Crippen molar-refractivity contribution in [2.45, 2.75) is 6.92 Å². The minimum atomic E-state index is -2.96. The third-order valence-electron chi connectivity index (χ3n) is 1.01. The lowest BCUT2D eigenvalue weighted by molar-refractivity contribution is 0.590. The number of thioether (sulfide) groups is 1. The number of rotatable bonds is 5. The normalized spacial score (nSPS) is 11.8. The Morgan fingerprint density at radius 2 is 2.10 bits per heavy atom. The predicted molar refractivity (Wildman–Crippen MR) is 45.8 cm³/mol. The van der Waals surface area contributed by atoms with Crippen LogP contribution in [0.5, 0.6) is 0 Å². The van der Waals surface area contributed by atoms with Gasteiger partial charge < -0.3 is 0 Å². The Morgan fingerprint density at radius 1 is 1.50 bits per heavy atom. The lowest BCUT2D eigenvalue weighted by Crippen LogP contribution is -2.23. The summed E-state index contributed by atoms with van der Waals surface area (Å²) in [5.74, 6) is 1.88. The first-order valence-corrected chi connectivity index (χ1v) is 5.92. The van der Waals surface area contributed by atoms with Crippen molar-refractivity contribution in [3.8, 4) is 0 Å². The van der Waals surface area contributed by atoms with Crippen LogP contribution >= 0.6 is 11.8 Å². The Morgan fingerprint density at radius 3 is 2.50 bits per heavy atom. The Balaban J connectivity index is 3.49. The molecule has 0 saturated heterocycles. The van der Waals surface area contributed by atoms with E-state index >= 15 is 0 Å². The highest BCUT2D eigenvalue weighted by Crippen LogP contribution is 1.98. The van der Waals surface area contributed by atoms with Gasteiger partial charge in [0.25, 0.3) is 0 Å². The average molecular weight is 183 g/mol. The molecule has 3 nitrogen and oxygen atoms in total. The van der Waals surface area contributed by atoms with E-state index in [2.05, 4.69) is 4.72 Å². The van der Waals surface area contributed by atoms with Crippen LogP contribution in [0.15, 0.2) is 0 Å². The van der Waals surface area contributed by atoms with E-state index in [1.165, 1.54) is 7.05 Å². The van der Waals surface area contributed by atoms with Gasteiger partial charge in [0.2, 0.25) is 10.0 Å². The quantitative estimate of drug-likeness (QED) is 0.623. The fourth-order valence-electron chi connectivity index (χ4n) is 0.415. The maximum atomic E-state index is 10.7. The standard InChI is InChI=1S/C5H13NO2S2/c1-3-9-4-5-10(7,8)6-2/h6H,3-5H2,1-2H3. The fraction of sp³-hybridized carbons (Fsp3) is 1.00. The Kier molecular flexibility index (Phi) is 5.11. The highest BCUT2D eigenvalue weighted by molar-refractivity contribution is 8.00. The number of nitrogens with one attached hydrogen (secondary N) is 1. The molecule has 0 radical (unpaired) electrons. The van der Waals surface area contributed by atoms with E-state index in [0.29, 0.717) is 5.75 Å². The molecule has 0 aromatic carbocycles. The monoisotopic (exact) mass is 183 g/mol. The molecule has 0 amide bonds. The van der Waals surface area contributed by atoms with Crippen LogP contribution in [0.1, 0.15) is 6.92 Å². The molecule has 0 aromatic heterocycles. The number of hydrogen-bond donors (Lipinski definition) is 1. The van der Waals surface area contributed by atoms with Crippen molar-refractivity contribution < 1.29 is 8.42 Å². The molecule has 0 heterocycles. The summed E-state index contributed by atoms with van der Waals surface area (Å²) in [6.45, 7) is 2.01. The van der Waals surface area contributed by atoms with Gasteiger partial charge >= 0.3 is 0 Å². The maximum Gasteiger partial charge on any atom is 0.212 e. The van der Waals surface area contributed by atoms with Crippen molar-refractivity contribution in [1.29, 1.82) is 0 Å². The fourth-order valence-corrected chi connectivity index (χ4v) is 2.26. The summed E-state index contributed by atoms with van der Waals surface area (Å²) in [5.41, 5.74) is 0. The van der Waals surface area contributed by atoms with E-state index < -0.39 is 10.0 Å². The first kappa shape index (κ1) is 10.3. The SMILES string of the molecule is CCSCCS(=O)(=O)NC. The molecule has 0 atom stereocenters. The van der Waals surface area contributed by atoms with Gasteiger partial charge in [0, 0.05) is 5.75 Å². The van der Waals surface area contributed by atoms with Crippen LogP contribution < -0.4 is 4.72 Å². The van der Waals surface area contributed by atoms with E-state index in [1.54, 1.807) is 11.8 Å². The molecule has 0 aromatic rings. The van der Waals surface area contributed by atoms with Gasteiger partial charge in [-0.05, 0) is 12.8 Å². The lowest BCUT2D eigenvalue weighted by Gasteiger charge is -1.99. The molecule has 0 bridgehead atoms. The van der Waals surface area contributed by atoms with Crippen molar-refractivity contribution >= 4 is 21.8 Å². The average Bonchev–Trinajstić information content (AvgIpc) is 1.89. The zero-order chi connectivity index (χ0) is 8.04. The van der Waals surface area contributed by atoms with Gasteiger partial charge in [0.05, 0.1) is 5.75 Å². The van der Waals surface area contributed by atoms with Gasteiger partial charge in [-0.2, -0.15) is 11.8 Å². The van der Waals surface area contributed by atoms with Crippen molar-refractivity contribution in [2.75, 3.05) is 24.3 Å². The van der Waals surface area contributed by atoms with Crippen LogP contribution in [0.3, 0.4) is 0 Å². The Labute approximate surface area is 66.6 Å². The van der Waals surface area contributed by atoms with Gasteiger partial charge in [-0.15, -0.1) is 0 Å². The molecule has 0 fully saturated rings. The van der Waals surface area contributed by atoms with Gasteiger partial charge in [-0.25, -0.2) is 13.1 Å². The Bertz CT molecular complexity index is 164. The summed E-state index contributed by atoms with van der Waals surface area (Å²) in [4.78, 5) is 0. The van der Waals surface area contributed by atoms with Crippen LogP contribution in [-0.4, -0.2) is 32.7 Å². The van der Waals surface area contributed by atoms with E-state index in [-0.39, 0.29) is 5.75 Å². The van der Waals surface area contributed by atoms with Crippen molar-refractivity contribution in [2.24, 2.45) is 0 Å². The highest BCUT2D eigenvalue weighted by atomic mass is 32.2. The molecular weight excluding hydrogens is 170 g/mol. The third-order valence-corrected chi connectivity index (χ3v) is 3.53. The topological polar surface area (TPSA) is 46.2 Å². The largest absolute Gasteiger partial charge is 0.218 e. The molecular formula is C5H13NO2S2. The molecule has 0 aliphatic heterocycles. The van der Waals surface area contributed by atoms with Crippen molar-refractivity contribution in [3.05, 3.63) is 0 Å². The van der Waals surface area contributed by atoms with Gasteiger partial charge in [-0.3, -0.25) is 0 Å². The van der Waals surface area contributed by atoms with E-state index in [1.807, 2.05) is 6.92 Å². The molecule has 10 heavy (non-hydrogen) atoms. The molecule has 0 aliphatic rings. The van der Waals surface area contributed by atoms with Crippen LogP contribution in [0.4, 0.5) is 0 Å². The lowest BCUT2D eigenvalue weighted by atomic mass is 10.9. The molecule has 0 rings (SSSR count). The number of sulfonamides is 1. The van der Waals surface area contributed by atoms with E-state index in [4.69, 9.17) is 0 Å². The van der Waals surface area contributed by atoms with Gasteiger partial charge in [0.1, 0.15) is 0 Å². The smallest absolute Gasteiger partial charge is 0.212 e. The molecule has 5 heteroatoms.